The molecule has 0 bridgehead atoms. The molecular weight excluding hydrogens is 76.9 g/mol. The summed E-state index contributed by atoms with van der Waals surface area (Å²) in [6.07, 6.45) is 0.656. The highest BCUT2D eigenvalue weighted by molar-refractivity contribution is 6.10. The number of hydrogen-bond acceptors (Lipinski definition) is 2. The van der Waals surface area contributed by atoms with Gasteiger partial charge in [0.15, 0.2) is 0 Å². The molecule has 0 aromatic rings. The summed E-state index contributed by atoms with van der Waals surface area (Å²) in [6.45, 7) is 3.31. The van der Waals surface area contributed by atoms with Crippen LogP contribution in [0.4, 0.5) is 0 Å². The zero-order valence-electron chi connectivity index (χ0n) is 3.77. The molecule has 0 radical (unpaired) electrons. The van der Waals surface area contributed by atoms with Gasteiger partial charge in [0.05, 0.1) is 5.70 Å². The normalized spacial score (nSPS) is 7.33. The molecule has 0 unspecified atom stereocenters. The van der Waals surface area contributed by atoms with E-state index in [0.29, 0.717) is 12.0 Å². The lowest BCUT2D eigenvalue weighted by Crippen LogP contribution is -1.67. The smallest absolute Gasteiger partial charge is 0.109 e. The summed E-state index contributed by atoms with van der Waals surface area (Å²) in [5.41, 5.74) is 0.412. The third kappa shape index (κ3) is 1.70. The Morgan fingerprint density at radius 2 is 2.50 bits per heavy atom. The van der Waals surface area contributed by atoms with Crippen molar-refractivity contribution in [2.75, 3.05) is 0 Å². The molecule has 0 atom stereocenters. The fourth-order valence-corrected chi connectivity index (χ4v) is 0.0645. The molecule has 0 saturated heterocycles. The fraction of sp³-hybridized carbons (Fsp3) is 0.333. The summed E-state index contributed by atoms with van der Waals surface area (Å²) in [5.74, 6) is 0. The summed E-state index contributed by atoms with van der Waals surface area (Å²) in [7, 11) is 1.84. The number of nitroso groups, excluding NO2 is 1. The zero-order chi connectivity index (χ0) is 4.99. The van der Waals surface area contributed by atoms with E-state index in [-0.39, 0.29) is 0 Å². The van der Waals surface area contributed by atoms with Crippen molar-refractivity contribution < 1.29 is 0 Å². The highest BCUT2D eigenvalue weighted by Gasteiger charge is 1.79. The van der Waals surface area contributed by atoms with E-state index in [1.54, 1.807) is 0 Å². The molecule has 0 rings (SSSR count). The minimum absolute atomic E-state index is 0.412. The minimum atomic E-state index is 0.412. The van der Waals surface area contributed by atoms with Gasteiger partial charge in [-0.1, -0.05) is 6.58 Å². The molecule has 0 saturated carbocycles. The van der Waals surface area contributed by atoms with Crippen LogP contribution in [0.15, 0.2) is 17.5 Å². The average molecular weight is 82.9 g/mol. The third-order valence-corrected chi connectivity index (χ3v) is 0.537. The van der Waals surface area contributed by atoms with Crippen LogP contribution in [0.5, 0.6) is 0 Å². The molecular formula is C3H6BNO. The van der Waals surface area contributed by atoms with Crippen LogP contribution in [0.2, 0.25) is 6.32 Å². The Balaban J connectivity index is 3.23. The Kier molecular flexibility index (Phi) is 2.37. The van der Waals surface area contributed by atoms with Crippen LogP contribution in [0.3, 0.4) is 0 Å². The molecule has 0 aromatic heterocycles. The van der Waals surface area contributed by atoms with Crippen molar-refractivity contribution >= 4 is 7.85 Å². The fourth-order valence-electron chi connectivity index (χ4n) is 0.0645. The van der Waals surface area contributed by atoms with E-state index in [4.69, 9.17) is 0 Å². The van der Waals surface area contributed by atoms with Gasteiger partial charge in [0.25, 0.3) is 0 Å². The molecule has 0 heterocycles. The van der Waals surface area contributed by atoms with Crippen molar-refractivity contribution in [3.8, 4) is 0 Å². The summed E-state index contributed by atoms with van der Waals surface area (Å²) in [4.78, 5) is 9.39. The monoisotopic (exact) mass is 83.1 g/mol. The molecule has 3 heteroatoms. The molecule has 0 N–H and O–H groups in total. The van der Waals surface area contributed by atoms with Crippen molar-refractivity contribution in [2.45, 2.75) is 6.32 Å². The maximum absolute atomic E-state index is 9.39. The number of nitrogens with zero attached hydrogens (tertiary/aromatic N) is 1. The van der Waals surface area contributed by atoms with Gasteiger partial charge in [-0.15, -0.1) is 4.91 Å². The average Bonchev–Trinajstić information content (AvgIpc) is 1.65. The third-order valence-electron chi connectivity index (χ3n) is 0.537. The summed E-state index contributed by atoms with van der Waals surface area (Å²) >= 11 is 0. The highest BCUT2D eigenvalue weighted by Crippen LogP contribution is 1.92. The molecule has 0 aliphatic heterocycles. The lowest BCUT2D eigenvalue weighted by atomic mass is 10.0. The Bertz CT molecular complexity index is 71.2. The second-order valence-electron chi connectivity index (χ2n) is 1.01. The van der Waals surface area contributed by atoms with Crippen LogP contribution in [-0.4, -0.2) is 7.85 Å². The van der Waals surface area contributed by atoms with E-state index < -0.39 is 0 Å². The molecule has 0 aliphatic rings. The van der Waals surface area contributed by atoms with Crippen LogP contribution < -0.4 is 0 Å². The Labute approximate surface area is 37.6 Å². The molecule has 0 aliphatic carbocycles. The predicted molar refractivity (Wildman–Crippen MR) is 28.3 cm³/mol. The van der Waals surface area contributed by atoms with E-state index >= 15 is 0 Å². The molecule has 0 fully saturated rings. The summed E-state index contributed by atoms with van der Waals surface area (Å²) < 4.78 is 0. The van der Waals surface area contributed by atoms with E-state index in [2.05, 4.69) is 11.8 Å². The van der Waals surface area contributed by atoms with Crippen LogP contribution >= 0.6 is 0 Å². The lowest BCUT2D eigenvalue weighted by molar-refractivity contribution is 1.30. The standard InChI is InChI=1S/C3H6BNO/c1-3(2-4)5-6/h1-2,4H2. The minimum Gasteiger partial charge on any atom is -0.145 e. The Morgan fingerprint density at radius 3 is 2.50 bits per heavy atom. The number of hydrogen-bond donors (Lipinski definition) is 0. The maximum atomic E-state index is 9.39. The highest BCUT2D eigenvalue weighted by atomic mass is 16.3. The number of rotatable bonds is 2. The first-order chi connectivity index (χ1) is 2.81. The van der Waals surface area contributed by atoms with E-state index in [1.807, 2.05) is 7.85 Å². The van der Waals surface area contributed by atoms with E-state index in [0.717, 1.165) is 0 Å². The summed E-state index contributed by atoms with van der Waals surface area (Å²) in [6, 6.07) is 0. The molecule has 2 nitrogen and oxygen atoms in total. The SMILES string of the molecule is BCC(=C)N=O. The molecule has 0 spiro atoms. The van der Waals surface area contributed by atoms with Crippen LogP contribution in [0.25, 0.3) is 0 Å². The largest absolute Gasteiger partial charge is 0.145 e. The first kappa shape index (κ1) is 5.40. The van der Waals surface area contributed by atoms with Gasteiger partial charge in [-0.2, -0.15) is 0 Å². The Morgan fingerprint density at radius 1 is 2.00 bits per heavy atom. The van der Waals surface area contributed by atoms with Gasteiger partial charge in [0, 0.05) is 0 Å². The van der Waals surface area contributed by atoms with Crippen molar-refractivity contribution in [3.63, 3.8) is 0 Å². The van der Waals surface area contributed by atoms with Crippen LogP contribution in [0.1, 0.15) is 0 Å². The topological polar surface area (TPSA) is 29.4 Å². The Hall–Kier alpha value is -0.595. The van der Waals surface area contributed by atoms with Gasteiger partial charge in [-0.25, -0.2) is 0 Å². The van der Waals surface area contributed by atoms with E-state index in [9.17, 15) is 4.91 Å². The van der Waals surface area contributed by atoms with Crippen LogP contribution in [0, 0.1) is 4.91 Å². The van der Waals surface area contributed by atoms with E-state index in [1.165, 1.54) is 0 Å². The molecule has 0 amide bonds. The van der Waals surface area contributed by atoms with Crippen molar-refractivity contribution in [2.24, 2.45) is 5.18 Å². The molecule has 6 heavy (non-hydrogen) atoms. The van der Waals surface area contributed by atoms with Gasteiger partial charge >= 0.3 is 0 Å². The molecule has 32 valence electrons. The second-order valence-corrected chi connectivity index (χ2v) is 1.01. The lowest BCUT2D eigenvalue weighted by Gasteiger charge is -1.77. The van der Waals surface area contributed by atoms with Crippen molar-refractivity contribution in [1.82, 2.24) is 0 Å². The van der Waals surface area contributed by atoms with Crippen molar-refractivity contribution in [1.29, 1.82) is 0 Å². The predicted octanol–water partition coefficient (Wildman–Crippen LogP) is 0.318. The summed E-state index contributed by atoms with van der Waals surface area (Å²) in [5, 5.41) is 2.56. The first-order valence-electron chi connectivity index (χ1n) is 1.82. The van der Waals surface area contributed by atoms with Crippen LogP contribution in [-0.2, 0) is 0 Å². The van der Waals surface area contributed by atoms with Gasteiger partial charge in [0.2, 0.25) is 0 Å². The quantitative estimate of drug-likeness (QED) is 0.349. The van der Waals surface area contributed by atoms with Gasteiger partial charge in [-0.05, 0) is 11.5 Å². The van der Waals surface area contributed by atoms with Gasteiger partial charge in [-0.3, -0.25) is 0 Å². The van der Waals surface area contributed by atoms with Gasteiger partial charge in [0.1, 0.15) is 7.85 Å². The first-order valence-corrected chi connectivity index (χ1v) is 1.82. The van der Waals surface area contributed by atoms with Gasteiger partial charge < -0.3 is 0 Å². The molecule has 0 aromatic carbocycles. The maximum Gasteiger partial charge on any atom is 0.109 e. The second kappa shape index (κ2) is 2.63. The van der Waals surface area contributed by atoms with Crippen molar-refractivity contribution in [3.05, 3.63) is 17.2 Å². The zero-order valence-corrected chi connectivity index (χ0v) is 3.77. The number of allylic oxidation sites excluding steroid dienone is 1.